The van der Waals surface area contributed by atoms with Gasteiger partial charge in [-0.25, -0.2) is 13.2 Å². The second-order valence-corrected chi connectivity index (χ2v) is 8.27. The largest absolute Gasteiger partial charge is 0.493 e. The first kappa shape index (κ1) is 21.6. The first-order chi connectivity index (χ1) is 13.2. The number of anilines is 1. The van der Waals surface area contributed by atoms with E-state index in [0.717, 1.165) is 12.0 Å². The lowest BCUT2D eigenvalue weighted by molar-refractivity contribution is 0.0601. The first-order valence-electron chi connectivity index (χ1n) is 8.68. The molecule has 0 aliphatic heterocycles. The Bertz CT molecular complexity index is 936. The van der Waals surface area contributed by atoms with E-state index in [4.69, 9.17) is 14.2 Å². The van der Waals surface area contributed by atoms with Gasteiger partial charge in [-0.2, -0.15) is 0 Å². The average Bonchev–Trinajstić information content (AvgIpc) is 2.66. The van der Waals surface area contributed by atoms with Crippen LogP contribution in [0.1, 0.15) is 29.8 Å². The fraction of sp³-hybridized carbons (Fsp3) is 0.350. The highest BCUT2D eigenvalue weighted by Crippen LogP contribution is 2.34. The Balaban J connectivity index is 2.43. The third-order valence-electron chi connectivity index (χ3n) is 4.05. The predicted molar refractivity (Wildman–Crippen MR) is 107 cm³/mol. The van der Waals surface area contributed by atoms with Gasteiger partial charge in [-0.15, -0.1) is 0 Å². The summed E-state index contributed by atoms with van der Waals surface area (Å²) >= 11 is 0. The number of hydrogen-bond donors (Lipinski definition) is 1. The Labute approximate surface area is 165 Å². The molecule has 152 valence electrons. The van der Waals surface area contributed by atoms with Gasteiger partial charge >= 0.3 is 5.97 Å². The fourth-order valence-electron chi connectivity index (χ4n) is 2.72. The van der Waals surface area contributed by atoms with Crippen LogP contribution in [-0.2, 0) is 21.2 Å². The summed E-state index contributed by atoms with van der Waals surface area (Å²) in [5.41, 5.74) is 1.10. The summed E-state index contributed by atoms with van der Waals surface area (Å²) in [5.74, 6) is 0.324. The van der Waals surface area contributed by atoms with Crippen LogP contribution in [0.2, 0.25) is 0 Å². The summed E-state index contributed by atoms with van der Waals surface area (Å²) in [6.45, 7) is 4.19. The molecule has 0 bridgehead atoms. The maximum atomic E-state index is 12.8. The molecule has 7 nitrogen and oxygen atoms in total. The zero-order chi connectivity index (χ0) is 20.9. The van der Waals surface area contributed by atoms with Gasteiger partial charge in [-0.1, -0.05) is 26.0 Å². The molecule has 1 N–H and O–H groups in total. The van der Waals surface area contributed by atoms with Crippen molar-refractivity contribution in [1.82, 2.24) is 0 Å². The fourth-order valence-corrected chi connectivity index (χ4v) is 3.79. The highest BCUT2D eigenvalue weighted by atomic mass is 32.2. The van der Waals surface area contributed by atoms with E-state index in [0.29, 0.717) is 5.92 Å². The number of hydrogen-bond acceptors (Lipinski definition) is 6. The number of methoxy groups -OCH3 is 3. The molecule has 0 aliphatic rings. The molecule has 0 saturated heterocycles. The molecule has 0 aliphatic carbocycles. The summed E-state index contributed by atoms with van der Waals surface area (Å²) < 4.78 is 43.2. The highest BCUT2D eigenvalue weighted by molar-refractivity contribution is 7.92. The van der Waals surface area contributed by atoms with E-state index in [9.17, 15) is 13.2 Å². The van der Waals surface area contributed by atoms with Gasteiger partial charge in [0.1, 0.15) is 0 Å². The Kier molecular flexibility index (Phi) is 6.90. The molecule has 0 amide bonds. The van der Waals surface area contributed by atoms with E-state index in [-0.39, 0.29) is 27.6 Å². The molecule has 2 aromatic rings. The minimum absolute atomic E-state index is 0.0140. The number of carbonyl (C=O) groups is 1. The third kappa shape index (κ3) is 4.95. The molecule has 2 rings (SSSR count). The zero-order valence-electron chi connectivity index (χ0n) is 16.6. The molecule has 2 aromatic carbocycles. The second kappa shape index (κ2) is 8.97. The van der Waals surface area contributed by atoms with Crippen molar-refractivity contribution in [2.24, 2.45) is 5.92 Å². The van der Waals surface area contributed by atoms with Crippen molar-refractivity contribution in [3.8, 4) is 11.5 Å². The van der Waals surface area contributed by atoms with Gasteiger partial charge in [0.05, 0.1) is 37.5 Å². The molecule has 0 saturated carbocycles. The van der Waals surface area contributed by atoms with E-state index in [2.05, 4.69) is 18.6 Å². The number of ether oxygens (including phenoxy) is 3. The van der Waals surface area contributed by atoms with Crippen LogP contribution in [0.25, 0.3) is 0 Å². The van der Waals surface area contributed by atoms with Gasteiger partial charge in [0.2, 0.25) is 0 Å². The molecule has 0 unspecified atom stereocenters. The van der Waals surface area contributed by atoms with Crippen molar-refractivity contribution < 1.29 is 27.4 Å². The maximum Gasteiger partial charge on any atom is 0.340 e. The van der Waals surface area contributed by atoms with Crippen LogP contribution in [0.15, 0.2) is 41.3 Å². The molecule has 0 radical (unpaired) electrons. The molecule has 0 fully saturated rings. The van der Waals surface area contributed by atoms with E-state index in [1.54, 1.807) is 24.3 Å². The van der Waals surface area contributed by atoms with Gasteiger partial charge in [0.15, 0.2) is 11.5 Å². The van der Waals surface area contributed by atoms with Crippen molar-refractivity contribution in [3.05, 3.63) is 47.5 Å². The normalized spacial score (nSPS) is 11.2. The van der Waals surface area contributed by atoms with Gasteiger partial charge in [0.25, 0.3) is 10.0 Å². The van der Waals surface area contributed by atoms with E-state index in [1.165, 1.54) is 33.5 Å². The topological polar surface area (TPSA) is 90.9 Å². The molecular weight excluding hydrogens is 382 g/mol. The van der Waals surface area contributed by atoms with Crippen molar-refractivity contribution >= 4 is 21.7 Å². The first-order valence-corrected chi connectivity index (χ1v) is 10.2. The average molecular weight is 407 g/mol. The summed E-state index contributed by atoms with van der Waals surface area (Å²) in [7, 11) is 0.128. The third-order valence-corrected chi connectivity index (χ3v) is 5.43. The lowest BCUT2D eigenvalue weighted by Crippen LogP contribution is -2.16. The summed E-state index contributed by atoms with van der Waals surface area (Å²) in [5, 5.41) is 0. The lowest BCUT2D eigenvalue weighted by atomic mass is 10.0. The van der Waals surface area contributed by atoms with E-state index < -0.39 is 16.0 Å². The van der Waals surface area contributed by atoms with Crippen LogP contribution in [0.5, 0.6) is 11.5 Å². The molecule has 0 aromatic heterocycles. The standard InChI is InChI=1S/C20H25NO6S/c1-13(2)10-14-6-8-15(9-7-14)28(23,24)21-17-12-19(26-4)18(25-3)11-16(17)20(22)27-5/h6-9,11-13,21H,10H2,1-5H3. The quantitative estimate of drug-likeness (QED) is 0.674. The molecular formula is C20H25NO6S. The van der Waals surface area contributed by atoms with Gasteiger partial charge in [0, 0.05) is 12.1 Å². The summed E-state index contributed by atoms with van der Waals surface area (Å²) in [6, 6.07) is 9.40. The monoisotopic (exact) mass is 407 g/mol. The predicted octanol–water partition coefficient (Wildman–Crippen LogP) is 3.49. The number of sulfonamides is 1. The minimum atomic E-state index is -3.92. The number of nitrogens with one attached hydrogen (secondary N) is 1. The van der Waals surface area contributed by atoms with E-state index >= 15 is 0 Å². The summed E-state index contributed by atoms with van der Waals surface area (Å²) in [4.78, 5) is 12.2. The van der Waals surface area contributed by atoms with Crippen molar-refractivity contribution in [2.75, 3.05) is 26.1 Å². The van der Waals surface area contributed by atoms with Crippen LogP contribution >= 0.6 is 0 Å². The van der Waals surface area contributed by atoms with E-state index in [1.807, 2.05) is 0 Å². The number of rotatable bonds is 8. The van der Waals surface area contributed by atoms with Crippen LogP contribution in [-0.4, -0.2) is 35.7 Å². The van der Waals surface area contributed by atoms with Gasteiger partial charge in [-0.3, -0.25) is 4.72 Å². The minimum Gasteiger partial charge on any atom is -0.493 e. The number of esters is 1. The molecule has 0 atom stereocenters. The number of benzene rings is 2. The molecule has 0 spiro atoms. The van der Waals surface area contributed by atoms with Crippen molar-refractivity contribution in [2.45, 2.75) is 25.2 Å². The number of carbonyl (C=O) groups excluding carboxylic acids is 1. The molecule has 0 heterocycles. The Morgan fingerprint density at radius 3 is 2.07 bits per heavy atom. The Morgan fingerprint density at radius 1 is 1.00 bits per heavy atom. The molecule has 28 heavy (non-hydrogen) atoms. The van der Waals surface area contributed by atoms with Gasteiger partial charge in [-0.05, 0) is 30.0 Å². The van der Waals surface area contributed by atoms with Crippen LogP contribution in [0.4, 0.5) is 5.69 Å². The highest BCUT2D eigenvalue weighted by Gasteiger charge is 2.22. The van der Waals surface area contributed by atoms with Crippen LogP contribution in [0.3, 0.4) is 0 Å². The maximum absolute atomic E-state index is 12.8. The van der Waals surface area contributed by atoms with Crippen molar-refractivity contribution in [1.29, 1.82) is 0 Å². The second-order valence-electron chi connectivity index (χ2n) is 6.59. The summed E-state index contributed by atoms with van der Waals surface area (Å²) in [6.07, 6.45) is 0.857. The SMILES string of the molecule is COC(=O)c1cc(OC)c(OC)cc1NS(=O)(=O)c1ccc(CC(C)C)cc1. The zero-order valence-corrected chi connectivity index (χ0v) is 17.4. The van der Waals surface area contributed by atoms with Crippen LogP contribution < -0.4 is 14.2 Å². The molecule has 8 heteroatoms. The Hall–Kier alpha value is -2.74. The lowest BCUT2D eigenvalue weighted by Gasteiger charge is -2.15. The van der Waals surface area contributed by atoms with Crippen molar-refractivity contribution in [3.63, 3.8) is 0 Å². The Morgan fingerprint density at radius 2 is 1.57 bits per heavy atom. The van der Waals surface area contributed by atoms with Gasteiger partial charge < -0.3 is 14.2 Å². The smallest absolute Gasteiger partial charge is 0.340 e. The van der Waals surface area contributed by atoms with Crippen LogP contribution in [0, 0.1) is 5.92 Å².